The highest BCUT2D eigenvalue weighted by Crippen LogP contribution is 2.36. The summed E-state index contributed by atoms with van der Waals surface area (Å²) in [4.78, 5) is 23.7. The summed E-state index contributed by atoms with van der Waals surface area (Å²) in [5.41, 5.74) is 3.45. The van der Waals surface area contributed by atoms with Gasteiger partial charge in [-0.2, -0.15) is 0 Å². The second kappa shape index (κ2) is 17.9. The first-order chi connectivity index (χ1) is 12.6. The molecule has 0 saturated heterocycles. The van der Waals surface area contributed by atoms with Crippen molar-refractivity contribution in [2.24, 2.45) is 0 Å². The molecule has 0 radical (unpaired) electrons. The smallest absolute Gasteiger partial charge is 0.257 e. The molecule has 0 aromatic carbocycles. The van der Waals surface area contributed by atoms with Gasteiger partial charge < -0.3 is 0 Å². The van der Waals surface area contributed by atoms with Gasteiger partial charge in [-0.15, -0.1) is 0 Å². The summed E-state index contributed by atoms with van der Waals surface area (Å²) < 4.78 is 0. The monoisotopic (exact) mass is 408 g/mol. The molecule has 0 aliphatic heterocycles. The quantitative estimate of drug-likeness (QED) is 0.119. The molecule has 0 aromatic heterocycles. The maximum Gasteiger partial charge on any atom is 0.257 e. The van der Waals surface area contributed by atoms with Crippen LogP contribution in [0, 0.1) is 0 Å². The fourth-order valence-corrected chi connectivity index (χ4v) is 5.57. The molecule has 8 heteroatoms. The van der Waals surface area contributed by atoms with E-state index in [-0.39, 0.29) is 0 Å². The Balaban J connectivity index is 4.38. The highest BCUT2D eigenvalue weighted by molar-refractivity contribution is 8.77. The van der Waals surface area contributed by atoms with Crippen LogP contribution in [0.3, 0.4) is 0 Å². The zero-order valence-electron chi connectivity index (χ0n) is 16.2. The Morgan fingerprint density at radius 1 is 0.692 bits per heavy atom. The molecule has 0 aromatic rings. The third-order valence-corrected chi connectivity index (χ3v) is 7.44. The van der Waals surface area contributed by atoms with Gasteiger partial charge in [0.2, 0.25) is 0 Å². The number of hydroxylamine groups is 2. The maximum absolute atomic E-state index is 11.9. The highest BCUT2D eigenvalue weighted by atomic mass is 33.1. The minimum absolute atomic E-state index is 0.402. The summed E-state index contributed by atoms with van der Waals surface area (Å²) in [5.74, 6) is -0.854. The summed E-state index contributed by atoms with van der Waals surface area (Å²) >= 11 is 0. The zero-order chi connectivity index (χ0) is 19.6. The van der Waals surface area contributed by atoms with Crippen LogP contribution >= 0.6 is 21.6 Å². The normalized spacial score (nSPS) is 13.2. The Kier molecular flexibility index (Phi) is 17.6. The van der Waals surface area contributed by atoms with E-state index in [0.29, 0.717) is 12.8 Å². The van der Waals surface area contributed by atoms with Crippen LogP contribution < -0.4 is 11.0 Å². The molecular weight excluding hydrogens is 372 g/mol. The molecule has 0 aliphatic carbocycles. The average molecular weight is 409 g/mol. The number of hydrogen-bond acceptors (Lipinski definition) is 6. The van der Waals surface area contributed by atoms with Crippen molar-refractivity contribution >= 4 is 33.4 Å². The van der Waals surface area contributed by atoms with Crippen molar-refractivity contribution < 1.29 is 20.0 Å². The Morgan fingerprint density at radius 3 is 1.35 bits per heavy atom. The van der Waals surface area contributed by atoms with Gasteiger partial charge in [-0.05, 0) is 12.8 Å². The highest BCUT2D eigenvalue weighted by Gasteiger charge is 2.24. The van der Waals surface area contributed by atoms with Crippen LogP contribution in [-0.2, 0) is 9.59 Å². The van der Waals surface area contributed by atoms with E-state index in [2.05, 4.69) is 13.8 Å². The number of nitrogens with one attached hydrogen (secondary N) is 2. The van der Waals surface area contributed by atoms with E-state index < -0.39 is 22.3 Å². The van der Waals surface area contributed by atoms with E-state index in [1.807, 2.05) is 0 Å². The summed E-state index contributed by atoms with van der Waals surface area (Å²) in [6.07, 6.45) is 12.3. The summed E-state index contributed by atoms with van der Waals surface area (Å²) in [5, 5.41) is 17.1. The lowest BCUT2D eigenvalue weighted by atomic mass is 10.1. The Morgan fingerprint density at radius 2 is 1.04 bits per heavy atom. The van der Waals surface area contributed by atoms with Crippen molar-refractivity contribution in [3.8, 4) is 0 Å². The van der Waals surface area contributed by atoms with Gasteiger partial charge in [0.25, 0.3) is 11.8 Å². The number of carbonyl (C=O) groups excluding carboxylic acids is 2. The van der Waals surface area contributed by atoms with Crippen molar-refractivity contribution in [1.29, 1.82) is 0 Å². The minimum atomic E-state index is -0.427. The SMILES string of the molecule is CCCCCCCC(SSC(CCCCCCC)C(=O)NO)C(=O)NO. The number of hydrogen-bond donors (Lipinski definition) is 4. The van der Waals surface area contributed by atoms with E-state index >= 15 is 0 Å². The second-order valence-electron chi connectivity index (χ2n) is 6.53. The molecule has 0 aliphatic rings. The molecule has 2 amide bonds. The van der Waals surface area contributed by atoms with Crippen molar-refractivity contribution in [3.63, 3.8) is 0 Å². The molecule has 2 atom stereocenters. The van der Waals surface area contributed by atoms with Gasteiger partial charge in [-0.25, -0.2) is 11.0 Å². The molecule has 0 fully saturated rings. The zero-order valence-corrected chi connectivity index (χ0v) is 17.8. The van der Waals surface area contributed by atoms with Crippen molar-refractivity contribution in [3.05, 3.63) is 0 Å². The Labute approximate surface area is 166 Å². The van der Waals surface area contributed by atoms with E-state index in [0.717, 1.165) is 38.5 Å². The Hall–Kier alpha value is -0.440. The van der Waals surface area contributed by atoms with Crippen LogP contribution in [0.5, 0.6) is 0 Å². The number of carbonyl (C=O) groups is 2. The van der Waals surface area contributed by atoms with Crippen molar-refractivity contribution in [1.82, 2.24) is 11.0 Å². The van der Waals surface area contributed by atoms with Crippen LogP contribution in [0.25, 0.3) is 0 Å². The number of rotatable bonds is 17. The predicted octanol–water partition coefficient (Wildman–Crippen LogP) is 4.84. The van der Waals surface area contributed by atoms with Gasteiger partial charge in [0, 0.05) is 0 Å². The van der Waals surface area contributed by atoms with Gasteiger partial charge in [-0.3, -0.25) is 20.0 Å². The first-order valence-corrected chi connectivity index (χ1v) is 12.1. The fourth-order valence-electron chi connectivity index (χ4n) is 2.59. The summed E-state index contributed by atoms with van der Waals surface area (Å²) in [6.45, 7) is 4.31. The average Bonchev–Trinajstić information content (AvgIpc) is 2.66. The molecule has 4 N–H and O–H groups in total. The molecule has 0 saturated carbocycles. The van der Waals surface area contributed by atoms with Crippen LogP contribution in [-0.4, -0.2) is 32.7 Å². The van der Waals surface area contributed by atoms with E-state index in [4.69, 9.17) is 10.4 Å². The predicted molar refractivity (Wildman–Crippen MR) is 109 cm³/mol. The van der Waals surface area contributed by atoms with Gasteiger partial charge in [0.15, 0.2) is 0 Å². The van der Waals surface area contributed by atoms with Crippen LogP contribution in [0.15, 0.2) is 0 Å². The fraction of sp³-hybridized carbons (Fsp3) is 0.889. The van der Waals surface area contributed by atoms with Gasteiger partial charge in [0.1, 0.15) is 0 Å². The summed E-state index contributed by atoms with van der Waals surface area (Å²) in [7, 11) is 2.62. The lowest BCUT2D eigenvalue weighted by molar-refractivity contribution is -0.129. The molecule has 0 spiro atoms. The standard InChI is InChI=1S/C18H36N2O4S2/c1-3-5-7-9-11-13-15(17(21)19-23)25-26-16(18(22)20-24)14-12-10-8-6-4-2/h15-16,23-24H,3-14H2,1-2H3,(H,19,21)(H,20,22). The maximum atomic E-state index is 11.9. The Bertz CT molecular complexity index is 339. The van der Waals surface area contributed by atoms with E-state index in [1.165, 1.54) is 47.3 Å². The van der Waals surface area contributed by atoms with Gasteiger partial charge in [0.05, 0.1) is 10.5 Å². The summed E-state index contributed by atoms with van der Waals surface area (Å²) in [6, 6.07) is 0. The van der Waals surface area contributed by atoms with Crippen LogP contribution in [0.2, 0.25) is 0 Å². The van der Waals surface area contributed by atoms with E-state index in [1.54, 1.807) is 11.0 Å². The second-order valence-corrected chi connectivity index (χ2v) is 9.21. The molecule has 0 rings (SSSR count). The lowest BCUT2D eigenvalue weighted by Gasteiger charge is -2.18. The third kappa shape index (κ3) is 12.8. The largest absolute Gasteiger partial charge is 0.289 e. The molecule has 26 heavy (non-hydrogen) atoms. The topological polar surface area (TPSA) is 98.7 Å². The third-order valence-electron chi connectivity index (χ3n) is 4.23. The molecule has 154 valence electrons. The van der Waals surface area contributed by atoms with Crippen molar-refractivity contribution in [2.45, 2.75) is 101 Å². The first-order valence-electron chi connectivity index (χ1n) is 9.80. The molecule has 0 bridgehead atoms. The lowest BCUT2D eigenvalue weighted by Crippen LogP contribution is -2.32. The van der Waals surface area contributed by atoms with Gasteiger partial charge >= 0.3 is 0 Å². The molecule has 6 nitrogen and oxygen atoms in total. The number of amides is 2. The number of unbranched alkanes of at least 4 members (excludes halogenated alkanes) is 8. The van der Waals surface area contributed by atoms with Crippen LogP contribution in [0.4, 0.5) is 0 Å². The van der Waals surface area contributed by atoms with Crippen LogP contribution in [0.1, 0.15) is 90.9 Å². The van der Waals surface area contributed by atoms with Gasteiger partial charge in [-0.1, -0.05) is 99.6 Å². The molecule has 2 unspecified atom stereocenters. The molecular formula is C18H36N2O4S2. The molecule has 0 heterocycles. The van der Waals surface area contributed by atoms with Crippen molar-refractivity contribution in [2.75, 3.05) is 0 Å². The minimum Gasteiger partial charge on any atom is -0.289 e. The van der Waals surface area contributed by atoms with E-state index in [9.17, 15) is 9.59 Å². The first kappa shape index (κ1) is 25.6.